The molecule has 0 fully saturated rings. The molecule has 0 saturated heterocycles. The van der Waals surface area contributed by atoms with Gasteiger partial charge in [-0.25, -0.2) is 8.42 Å². The number of hydrogen-bond acceptors (Lipinski definition) is 5. The van der Waals surface area contributed by atoms with Crippen molar-refractivity contribution in [2.45, 2.75) is 38.1 Å². The van der Waals surface area contributed by atoms with E-state index in [1.165, 1.54) is 0 Å². The van der Waals surface area contributed by atoms with Gasteiger partial charge in [0.25, 0.3) is 0 Å². The number of sulfonamides is 1. The maximum absolute atomic E-state index is 13.7. The summed E-state index contributed by atoms with van der Waals surface area (Å²) < 4.78 is 40.3. The molecular weight excluding hydrogens is 448 g/mol. The molecule has 3 aromatic carbocycles. The molecule has 0 atom stereocenters. The summed E-state index contributed by atoms with van der Waals surface area (Å²) >= 11 is 0. The number of benzene rings is 3. The highest BCUT2D eigenvalue weighted by atomic mass is 32.2. The molecule has 3 aromatic rings. The molecule has 0 N–H and O–H groups in total. The van der Waals surface area contributed by atoms with Crippen LogP contribution in [0.25, 0.3) is 10.8 Å². The first-order valence-corrected chi connectivity index (χ1v) is 13.5. The lowest BCUT2D eigenvalue weighted by Gasteiger charge is -2.25. The van der Waals surface area contributed by atoms with Crippen molar-refractivity contribution in [2.24, 2.45) is 0 Å². The molecule has 0 aromatic heterocycles. The van der Waals surface area contributed by atoms with Crippen molar-refractivity contribution in [1.82, 2.24) is 9.21 Å². The van der Waals surface area contributed by atoms with Gasteiger partial charge >= 0.3 is 0 Å². The molecule has 6 nitrogen and oxygen atoms in total. The van der Waals surface area contributed by atoms with Crippen molar-refractivity contribution in [3.63, 3.8) is 0 Å². The second-order valence-corrected chi connectivity index (χ2v) is 10.5. The Kier molecular flexibility index (Phi) is 8.08. The van der Waals surface area contributed by atoms with E-state index in [1.54, 1.807) is 22.5 Å². The molecule has 7 heteroatoms. The van der Waals surface area contributed by atoms with E-state index in [-0.39, 0.29) is 4.90 Å². The van der Waals surface area contributed by atoms with Crippen LogP contribution < -0.4 is 9.47 Å². The third kappa shape index (κ3) is 5.71. The number of ether oxygens (including phenoxy) is 2. The summed E-state index contributed by atoms with van der Waals surface area (Å²) in [6.07, 6.45) is 1.75. The van der Waals surface area contributed by atoms with E-state index in [4.69, 9.17) is 9.47 Å². The standard InChI is InChI=1S/C27H34N2O4S/c1-3-28(4-2)15-7-8-16-29(21-22-11-12-23-9-5-6-10-24(23)19-22)34(30,31)25-13-14-26-27(20-25)33-18-17-32-26/h5-6,9-14,19-20H,3-4,7-8,15-18,21H2,1-2H3. The van der Waals surface area contributed by atoms with Crippen LogP contribution in [0.15, 0.2) is 65.6 Å². The van der Waals surface area contributed by atoms with Gasteiger partial charge < -0.3 is 14.4 Å². The lowest BCUT2D eigenvalue weighted by molar-refractivity contribution is 0.171. The van der Waals surface area contributed by atoms with Gasteiger partial charge in [-0.05, 0) is 67.0 Å². The van der Waals surface area contributed by atoms with Gasteiger partial charge in [0.2, 0.25) is 10.0 Å². The van der Waals surface area contributed by atoms with Crippen LogP contribution in [-0.4, -0.2) is 57.0 Å². The Morgan fingerprint density at radius 3 is 2.26 bits per heavy atom. The summed E-state index contributed by atoms with van der Waals surface area (Å²) in [6.45, 7) is 8.98. The first kappa shape index (κ1) is 24.5. The number of unbranched alkanes of at least 4 members (excludes halogenated alkanes) is 1. The van der Waals surface area contributed by atoms with Crippen molar-refractivity contribution in [1.29, 1.82) is 0 Å². The highest BCUT2D eigenvalue weighted by molar-refractivity contribution is 7.89. The minimum atomic E-state index is -3.71. The molecular formula is C27H34N2O4S. The maximum Gasteiger partial charge on any atom is 0.243 e. The van der Waals surface area contributed by atoms with Crippen LogP contribution in [0.4, 0.5) is 0 Å². The van der Waals surface area contributed by atoms with Gasteiger partial charge in [-0.1, -0.05) is 50.2 Å². The van der Waals surface area contributed by atoms with E-state index in [0.717, 1.165) is 48.8 Å². The lowest BCUT2D eigenvalue weighted by atomic mass is 10.1. The van der Waals surface area contributed by atoms with Crippen LogP contribution in [0.3, 0.4) is 0 Å². The Bertz CT molecular complexity index is 1210. The van der Waals surface area contributed by atoms with Crippen LogP contribution in [0.2, 0.25) is 0 Å². The average Bonchev–Trinajstić information content (AvgIpc) is 2.87. The predicted octanol–water partition coefficient (Wildman–Crippen LogP) is 4.92. The van der Waals surface area contributed by atoms with Crippen molar-refractivity contribution >= 4 is 20.8 Å². The quantitative estimate of drug-likeness (QED) is 0.363. The van der Waals surface area contributed by atoms with Gasteiger partial charge in [0.1, 0.15) is 13.2 Å². The van der Waals surface area contributed by atoms with E-state index >= 15 is 0 Å². The van der Waals surface area contributed by atoms with Crippen molar-refractivity contribution < 1.29 is 17.9 Å². The van der Waals surface area contributed by atoms with Crippen LogP contribution in [-0.2, 0) is 16.6 Å². The fraction of sp³-hybridized carbons (Fsp3) is 0.407. The van der Waals surface area contributed by atoms with Crippen molar-refractivity contribution in [3.05, 3.63) is 66.2 Å². The summed E-state index contributed by atoms with van der Waals surface area (Å²) in [5.41, 5.74) is 0.976. The third-order valence-corrected chi connectivity index (χ3v) is 8.19. The van der Waals surface area contributed by atoms with Crippen LogP contribution in [0.1, 0.15) is 32.3 Å². The monoisotopic (exact) mass is 482 g/mol. The number of nitrogens with zero attached hydrogens (tertiary/aromatic N) is 2. The third-order valence-electron chi connectivity index (χ3n) is 6.35. The Balaban J connectivity index is 1.57. The Labute approximate surface area is 203 Å². The smallest absolute Gasteiger partial charge is 0.243 e. The summed E-state index contributed by atoms with van der Waals surface area (Å²) in [5, 5.41) is 2.25. The molecule has 0 spiro atoms. The SMILES string of the molecule is CCN(CC)CCCCN(Cc1ccc2ccccc2c1)S(=O)(=O)c1ccc2c(c1)OCCO2. The zero-order chi connectivity index (χ0) is 24.0. The largest absolute Gasteiger partial charge is 0.486 e. The molecule has 1 aliphatic heterocycles. The molecule has 0 aliphatic carbocycles. The fourth-order valence-electron chi connectivity index (χ4n) is 4.32. The molecule has 1 aliphatic rings. The zero-order valence-electron chi connectivity index (χ0n) is 20.1. The minimum Gasteiger partial charge on any atom is -0.486 e. The van der Waals surface area contributed by atoms with Gasteiger partial charge in [-0.3, -0.25) is 0 Å². The molecule has 0 bridgehead atoms. The molecule has 0 unspecified atom stereocenters. The molecule has 0 radical (unpaired) electrons. The summed E-state index contributed by atoms with van der Waals surface area (Å²) in [4.78, 5) is 2.60. The first-order valence-electron chi connectivity index (χ1n) is 12.1. The van der Waals surface area contributed by atoms with Crippen LogP contribution in [0, 0.1) is 0 Å². The van der Waals surface area contributed by atoms with E-state index in [2.05, 4.69) is 43.0 Å². The molecule has 1 heterocycles. The highest BCUT2D eigenvalue weighted by Crippen LogP contribution is 2.33. The maximum atomic E-state index is 13.7. The normalized spacial score (nSPS) is 13.6. The van der Waals surface area contributed by atoms with Crippen LogP contribution >= 0.6 is 0 Å². The molecule has 0 amide bonds. The summed E-state index contributed by atoms with van der Waals surface area (Å²) in [6, 6.07) is 19.2. The van der Waals surface area contributed by atoms with Gasteiger partial charge in [0, 0.05) is 19.2 Å². The number of hydrogen-bond donors (Lipinski definition) is 0. The second kappa shape index (κ2) is 11.2. The summed E-state index contributed by atoms with van der Waals surface area (Å²) in [7, 11) is -3.71. The number of rotatable bonds is 11. The second-order valence-electron chi connectivity index (χ2n) is 8.56. The zero-order valence-corrected chi connectivity index (χ0v) is 20.9. The highest BCUT2D eigenvalue weighted by Gasteiger charge is 2.26. The van der Waals surface area contributed by atoms with E-state index in [0.29, 0.717) is 37.8 Å². The van der Waals surface area contributed by atoms with Crippen molar-refractivity contribution in [3.8, 4) is 11.5 Å². The summed E-state index contributed by atoms with van der Waals surface area (Å²) in [5.74, 6) is 1.07. The average molecular weight is 483 g/mol. The lowest BCUT2D eigenvalue weighted by Crippen LogP contribution is -2.32. The first-order chi connectivity index (χ1) is 16.5. The van der Waals surface area contributed by atoms with Gasteiger partial charge in [0.05, 0.1) is 4.90 Å². The molecule has 4 rings (SSSR count). The fourth-order valence-corrected chi connectivity index (χ4v) is 5.80. The van der Waals surface area contributed by atoms with Gasteiger partial charge in [-0.15, -0.1) is 0 Å². The van der Waals surface area contributed by atoms with Gasteiger partial charge in [0.15, 0.2) is 11.5 Å². The van der Waals surface area contributed by atoms with E-state index in [1.807, 2.05) is 18.2 Å². The molecule has 34 heavy (non-hydrogen) atoms. The predicted molar refractivity (Wildman–Crippen MR) is 136 cm³/mol. The Hall–Kier alpha value is -2.61. The Morgan fingerprint density at radius 2 is 1.50 bits per heavy atom. The topological polar surface area (TPSA) is 59.1 Å². The van der Waals surface area contributed by atoms with Crippen LogP contribution in [0.5, 0.6) is 11.5 Å². The van der Waals surface area contributed by atoms with Gasteiger partial charge in [-0.2, -0.15) is 4.31 Å². The molecule has 0 saturated carbocycles. The van der Waals surface area contributed by atoms with Crippen molar-refractivity contribution in [2.75, 3.05) is 39.4 Å². The van der Waals surface area contributed by atoms with E-state index < -0.39 is 10.0 Å². The molecule has 182 valence electrons. The number of fused-ring (bicyclic) bond motifs is 2. The minimum absolute atomic E-state index is 0.237. The van der Waals surface area contributed by atoms with E-state index in [9.17, 15) is 8.42 Å². The Morgan fingerprint density at radius 1 is 0.794 bits per heavy atom.